The first-order valence-corrected chi connectivity index (χ1v) is 14.0. The van der Waals surface area contributed by atoms with Crippen molar-refractivity contribution in [1.82, 2.24) is 0 Å². The molecule has 5 N–H and O–H groups in total. The maximum absolute atomic E-state index is 12.8. The third kappa shape index (κ3) is 10.1. The molecule has 0 amide bonds. The summed E-state index contributed by atoms with van der Waals surface area (Å²) in [5.74, 6) is -4.54. The lowest BCUT2D eigenvalue weighted by Crippen LogP contribution is -2.60. The van der Waals surface area contributed by atoms with Gasteiger partial charge in [0.15, 0.2) is 6.10 Å². The van der Waals surface area contributed by atoms with Gasteiger partial charge < -0.3 is 39.7 Å². The number of carbonyl (C=O) groups is 5. The molecule has 0 aromatic rings. The van der Waals surface area contributed by atoms with Crippen molar-refractivity contribution in [3.05, 3.63) is 0 Å². The van der Waals surface area contributed by atoms with Gasteiger partial charge in [0.25, 0.3) is 0 Å². The monoisotopic (exact) mass is 574 g/mol. The van der Waals surface area contributed by atoms with Crippen LogP contribution in [0.3, 0.4) is 0 Å². The van der Waals surface area contributed by atoms with E-state index in [-0.39, 0.29) is 30.5 Å². The molecule has 1 saturated carbocycles. The smallest absolute Gasteiger partial charge is 0.335 e. The summed E-state index contributed by atoms with van der Waals surface area (Å²) < 4.78 is 15.4. The molecule has 1 saturated heterocycles. The first kappa shape index (κ1) is 33.6. The minimum absolute atomic E-state index is 0.0291. The molecule has 1 aliphatic carbocycles. The molecule has 0 aromatic heterocycles. The highest BCUT2D eigenvalue weighted by Crippen LogP contribution is 2.38. The van der Waals surface area contributed by atoms with Crippen LogP contribution in [0.15, 0.2) is 0 Å². The van der Waals surface area contributed by atoms with Crippen LogP contribution in [0, 0.1) is 11.8 Å². The van der Waals surface area contributed by atoms with Crippen LogP contribution in [0.5, 0.6) is 0 Å². The van der Waals surface area contributed by atoms with E-state index in [2.05, 4.69) is 6.92 Å². The summed E-state index contributed by atoms with van der Waals surface area (Å²) in [6.07, 6.45) is -3.67. The number of esters is 2. The zero-order chi connectivity index (χ0) is 29.8. The van der Waals surface area contributed by atoms with Crippen molar-refractivity contribution in [2.45, 2.75) is 127 Å². The molecule has 2 aliphatic rings. The van der Waals surface area contributed by atoms with Crippen molar-refractivity contribution < 1.29 is 63.7 Å². The summed E-state index contributed by atoms with van der Waals surface area (Å²) in [6, 6.07) is 0. The van der Waals surface area contributed by atoms with E-state index in [0.29, 0.717) is 12.8 Å². The van der Waals surface area contributed by atoms with Crippen LogP contribution in [0.2, 0.25) is 0 Å². The van der Waals surface area contributed by atoms with E-state index in [9.17, 15) is 39.3 Å². The van der Waals surface area contributed by atoms with E-state index in [0.717, 1.165) is 44.9 Å². The van der Waals surface area contributed by atoms with Gasteiger partial charge >= 0.3 is 23.9 Å². The molecule has 228 valence electrons. The van der Waals surface area contributed by atoms with Crippen LogP contribution >= 0.6 is 0 Å². The van der Waals surface area contributed by atoms with Crippen molar-refractivity contribution >= 4 is 29.7 Å². The number of unbranched alkanes of at least 4 members (excludes halogenated alkanes) is 5. The number of ketones is 1. The molecule has 0 bridgehead atoms. The van der Waals surface area contributed by atoms with Gasteiger partial charge in [-0.3, -0.25) is 19.2 Å². The van der Waals surface area contributed by atoms with Crippen molar-refractivity contribution in [2.24, 2.45) is 11.8 Å². The molecular formula is C27H42O13. The lowest BCUT2D eigenvalue weighted by Gasteiger charge is -2.37. The fraction of sp³-hybridized carbons (Fsp3) is 0.815. The van der Waals surface area contributed by atoms with Gasteiger partial charge in [0.2, 0.25) is 6.29 Å². The highest BCUT2D eigenvalue weighted by Gasteiger charge is 2.48. The third-order valence-electron chi connectivity index (χ3n) is 7.48. The first-order chi connectivity index (χ1) is 19.0. The highest BCUT2D eigenvalue weighted by molar-refractivity contribution is 5.85. The number of carbonyl (C=O) groups excluding carboxylic acids is 3. The van der Waals surface area contributed by atoms with Gasteiger partial charge in [-0.15, -0.1) is 0 Å². The quantitative estimate of drug-likeness (QED) is 0.123. The van der Waals surface area contributed by atoms with Gasteiger partial charge in [0.05, 0.1) is 12.8 Å². The number of carboxylic acid groups (broad SMARTS) is 2. The molecule has 13 nitrogen and oxygen atoms in total. The minimum Gasteiger partial charge on any atom is -0.481 e. The Kier molecular flexibility index (Phi) is 13.9. The molecule has 0 spiro atoms. The van der Waals surface area contributed by atoms with E-state index >= 15 is 0 Å². The average Bonchev–Trinajstić information content (AvgIpc) is 3.18. The topological polar surface area (TPSA) is 214 Å². The fourth-order valence-corrected chi connectivity index (χ4v) is 5.28. The van der Waals surface area contributed by atoms with Crippen molar-refractivity contribution in [2.75, 3.05) is 0 Å². The van der Waals surface area contributed by atoms with Gasteiger partial charge in [-0.1, -0.05) is 45.4 Å². The van der Waals surface area contributed by atoms with Crippen LogP contribution < -0.4 is 0 Å². The SMILES string of the molecule is CCCCCC1C(OC(=O)CCC(=O)OC2O[C@H](C(=O)O)[C@@H](O)[C@H](O)[C@H]2O)CC(=O)C1CCCCCCC(=O)O. The second-order valence-corrected chi connectivity index (χ2v) is 10.5. The van der Waals surface area contributed by atoms with E-state index in [1.165, 1.54) is 0 Å². The zero-order valence-corrected chi connectivity index (χ0v) is 22.8. The minimum atomic E-state index is -1.93. The van der Waals surface area contributed by atoms with E-state index in [1.807, 2.05) is 0 Å². The Labute approximate surface area is 232 Å². The second-order valence-electron chi connectivity index (χ2n) is 10.5. The Morgan fingerprint density at radius 2 is 1.43 bits per heavy atom. The number of aliphatic carboxylic acids is 2. The molecular weight excluding hydrogens is 532 g/mol. The molecule has 2 fully saturated rings. The number of Topliss-reactive ketones (excluding diaryl/α,β-unsaturated/α-hetero) is 1. The van der Waals surface area contributed by atoms with Crippen LogP contribution in [0.4, 0.5) is 0 Å². The molecule has 0 radical (unpaired) electrons. The van der Waals surface area contributed by atoms with Gasteiger partial charge in [0.1, 0.15) is 30.2 Å². The summed E-state index contributed by atoms with van der Waals surface area (Å²) in [6.45, 7) is 2.06. The maximum Gasteiger partial charge on any atom is 0.335 e. The standard InChI is InChI=1S/C27H42O13/c1-2-3-6-10-16-15(9-7-4-5-8-11-19(29)30)17(28)14-18(16)38-20(31)12-13-21(32)39-27-24(35)22(33)23(34)25(40-27)26(36)37/h15-16,18,22-25,27,33-35H,2-14H2,1H3,(H,29,30)(H,36,37)/t15?,16?,18?,22-,23-,24+,25-,27?/m0/s1. The molecule has 13 heteroatoms. The van der Waals surface area contributed by atoms with E-state index in [4.69, 9.17) is 24.4 Å². The molecule has 4 unspecified atom stereocenters. The summed E-state index contributed by atoms with van der Waals surface area (Å²) in [4.78, 5) is 59.4. The second kappa shape index (κ2) is 16.6. The van der Waals surface area contributed by atoms with Crippen LogP contribution in [0.25, 0.3) is 0 Å². The Bertz CT molecular complexity index is 874. The van der Waals surface area contributed by atoms with Crippen molar-refractivity contribution in [3.8, 4) is 0 Å². The molecule has 0 aromatic carbocycles. The number of carboxylic acids is 2. The molecule has 1 heterocycles. The summed E-state index contributed by atoms with van der Waals surface area (Å²) >= 11 is 0. The normalized spacial score (nSPS) is 30.1. The van der Waals surface area contributed by atoms with Crippen LogP contribution in [-0.2, 0) is 38.2 Å². The number of hydrogen-bond donors (Lipinski definition) is 5. The van der Waals surface area contributed by atoms with Crippen molar-refractivity contribution in [1.29, 1.82) is 0 Å². The van der Waals surface area contributed by atoms with E-state index in [1.54, 1.807) is 0 Å². The predicted octanol–water partition coefficient (Wildman–Crippen LogP) is 1.32. The average molecular weight is 575 g/mol. The van der Waals surface area contributed by atoms with Gasteiger partial charge in [-0.05, 0) is 19.3 Å². The fourth-order valence-electron chi connectivity index (χ4n) is 5.28. The summed E-state index contributed by atoms with van der Waals surface area (Å²) in [5, 5.41) is 47.3. The number of aliphatic hydroxyl groups is 3. The van der Waals surface area contributed by atoms with Crippen LogP contribution in [0.1, 0.15) is 90.4 Å². The summed E-state index contributed by atoms with van der Waals surface area (Å²) in [5.41, 5.74) is 0. The first-order valence-electron chi connectivity index (χ1n) is 14.0. The molecule has 40 heavy (non-hydrogen) atoms. The van der Waals surface area contributed by atoms with Gasteiger partial charge in [-0.2, -0.15) is 0 Å². The number of ether oxygens (including phenoxy) is 3. The Hall–Kier alpha value is -2.61. The number of rotatable bonds is 17. The number of aliphatic hydroxyl groups excluding tert-OH is 3. The third-order valence-corrected chi connectivity index (χ3v) is 7.48. The number of hydrogen-bond acceptors (Lipinski definition) is 11. The molecule has 2 rings (SSSR count). The molecule has 8 atom stereocenters. The lowest BCUT2D eigenvalue weighted by atomic mass is 9.85. The van der Waals surface area contributed by atoms with Gasteiger partial charge in [-0.25, -0.2) is 4.79 Å². The Morgan fingerprint density at radius 1 is 0.800 bits per heavy atom. The largest absolute Gasteiger partial charge is 0.481 e. The zero-order valence-electron chi connectivity index (χ0n) is 22.8. The van der Waals surface area contributed by atoms with E-state index < -0.39 is 73.5 Å². The Balaban J connectivity index is 1.86. The predicted molar refractivity (Wildman–Crippen MR) is 136 cm³/mol. The molecule has 1 aliphatic heterocycles. The lowest BCUT2D eigenvalue weighted by molar-refractivity contribution is -0.286. The summed E-state index contributed by atoms with van der Waals surface area (Å²) in [7, 11) is 0. The van der Waals surface area contributed by atoms with Crippen LogP contribution in [-0.4, -0.2) is 92.0 Å². The maximum atomic E-state index is 12.8. The highest BCUT2D eigenvalue weighted by atomic mass is 16.7. The van der Waals surface area contributed by atoms with Gasteiger partial charge in [0, 0.05) is 24.7 Å². The Morgan fingerprint density at radius 3 is 2.05 bits per heavy atom. The van der Waals surface area contributed by atoms with Crippen molar-refractivity contribution in [3.63, 3.8) is 0 Å².